The molecule has 29 heavy (non-hydrogen) atoms. The van der Waals surface area contributed by atoms with Crippen molar-refractivity contribution in [3.05, 3.63) is 50.9 Å². The molecule has 0 saturated heterocycles. The molecule has 0 spiro atoms. The van der Waals surface area contributed by atoms with Crippen molar-refractivity contribution in [3.63, 3.8) is 0 Å². The van der Waals surface area contributed by atoms with E-state index in [0.717, 1.165) is 31.4 Å². The summed E-state index contributed by atoms with van der Waals surface area (Å²) in [5, 5.41) is 0. The minimum absolute atomic E-state index is 0.279. The Morgan fingerprint density at radius 3 is 2.48 bits per heavy atom. The van der Waals surface area contributed by atoms with Crippen molar-refractivity contribution in [2.24, 2.45) is 7.05 Å². The van der Waals surface area contributed by atoms with E-state index in [0.29, 0.717) is 36.7 Å². The van der Waals surface area contributed by atoms with Crippen LogP contribution in [0.1, 0.15) is 39.0 Å². The van der Waals surface area contributed by atoms with Gasteiger partial charge in [-0.1, -0.05) is 32.6 Å². The van der Waals surface area contributed by atoms with Gasteiger partial charge in [0, 0.05) is 32.4 Å². The van der Waals surface area contributed by atoms with Gasteiger partial charge in [0.2, 0.25) is 5.95 Å². The molecule has 0 saturated carbocycles. The summed E-state index contributed by atoms with van der Waals surface area (Å²) in [4.78, 5) is 32.5. The fourth-order valence-electron chi connectivity index (χ4n) is 4.01. The third-order valence-electron chi connectivity index (χ3n) is 5.62. The molecule has 1 aliphatic heterocycles. The molecule has 0 amide bonds. The topological polar surface area (TPSA) is 65.1 Å². The average molecular weight is 399 g/mol. The van der Waals surface area contributed by atoms with Crippen LogP contribution in [0.25, 0.3) is 11.2 Å². The normalized spacial score (nSPS) is 13.4. The lowest BCUT2D eigenvalue weighted by molar-refractivity contribution is 0.531. The lowest BCUT2D eigenvalue weighted by Gasteiger charge is -2.15. The summed E-state index contributed by atoms with van der Waals surface area (Å²) in [5.74, 6) is 0.310. The number of halogens is 1. The first kappa shape index (κ1) is 19.4. The molecule has 0 aliphatic carbocycles. The van der Waals surface area contributed by atoms with E-state index in [1.165, 1.54) is 27.7 Å². The van der Waals surface area contributed by atoms with E-state index in [1.807, 2.05) is 9.47 Å². The van der Waals surface area contributed by atoms with E-state index >= 15 is 0 Å². The van der Waals surface area contributed by atoms with Gasteiger partial charge in [0.15, 0.2) is 11.2 Å². The molecular formula is C21H26FN5O2. The smallest absolute Gasteiger partial charge is 0.310 e. The number of hydrogen-bond donors (Lipinski definition) is 0. The highest BCUT2D eigenvalue weighted by Crippen LogP contribution is 2.31. The number of fused-ring (bicyclic) bond motifs is 3. The van der Waals surface area contributed by atoms with Gasteiger partial charge in [0.1, 0.15) is 5.82 Å². The minimum Gasteiger partial charge on any atom is -0.310 e. The fourth-order valence-corrected chi connectivity index (χ4v) is 4.01. The number of anilines is 2. The van der Waals surface area contributed by atoms with Gasteiger partial charge >= 0.3 is 5.69 Å². The van der Waals surface area contributed by atoms with Crippen LogP contribution in [0.3, 0.4) is 0 Å². The second kappa shape index (κ2) is 7.85. The highest BCUT2D eigenvalue weighted by Gasteiger charge is 2.28. The van der Waals surface area contributed by atoms with Gasteiger partial charge in [-0.25, -0.2) is 9.18 Å². The number of rotatable bonds is 7. The summed E-state index contributed by atoms with van der Waals surface area (Å²) in [5.41, 5.74) is 1.05. The molecule has 0 fully saturated rings. The van der Waals surface area contributed by atoms with Crippen LogP contribution in [-0.4, -0.2) is 25.2 Å². The van der Waals surface area contributed by atoms with Crippen molar-refractivity contribution in [3.8, 4) is 0 Å². The van der Waals surface area contributed by atoms with Gasteiger partial charge in [-0.05, 0) is 30.7 Å². The van der Waals surface area contributed by atoms with Crippen LogP contribution >= 0.6 is 0 Å². The molecule has 154 valence electrons. The van der Waals surface area contributed by atoms with Crippen LogP contribution in [0.15, 0.2) is 33.9 Å². The van der Waals surface area contributed by atoms with Crippen LogP contribution in [0.2, 0.25) is 0 Å². The van der Waals surface area contributed by atoms with Gasteiger partial charge < -0.3 is 9.47 Å². The van der Waals surface area contributed by atoms with E-state index in [4.69, 9.17) is 0 Å². The summed E-state index contributed by atoms with van der Waals surface area (Å²) in [6.45, 7) is 3.81. The van der Waals surface area contributed by atoms with E-state index in [1.54, 1.807) is 19.2 Å². The van der Waals surface area contributed by atoms with E-state index < -0.39 is 0 Å². The molecule has 8 heteroatoms. The molecule has 7 nitrogen and oxygen atoms in total. The minimum atomic E-state index is -0.330. The Labute approximate surface area is 168 Å². The third kappa shape index (κ3) is 3.36. The molecule has 3 heterocycles. The lowest BCUT2D eigenvalue weighted by Crippen LogP contribution is -2.39. The maximum absolute atomic E-state index is 13.3. The first-order chi connectivity index (χ1) is 14.0. The van der Waals surface area contributed by atoms with Crippen molar-refractivity contribution in [1.82, 2.24) is 18.7 Å². The highest BCUT2D eigenvalue weighted by atomic mass is 19.1. The molecule has 0 N–H and O–H groups in total. The largest absolute Gasteiger partial charge is 0.332 e. The number of nitrogens with zero attached hydrogens (tertiary/aromatic N) is 5. The summed E-state index contributed by atoms with van der Waals surface area (Å²) >= 11 is 0. The zero-order valence-corrected chi connectivity index (χ0v) is 16.9. The van der Waals surface area contributed by atoms with Gasteiger partial charge in [0.05, 0.1) is 0 Å². The SMILES string of the molecule is CCCCCCCn1c(=O)c2c(nc3n2CCN3c2ccc(F)cc2)n(C)c1=O. The zero-order valence-electron chi connectivity index (χ0n) is 16.9. The molecule has 4 rings (SSSR count). The van der Waals surface area contributed by atoms with Crippen LogP contribution < -0.4 is 16.1 Å². The molecular weight excluding hydrogens is 373 g/mol. The Morgan fingerprint density at radius 2 is 1.76 bits per heavy atom. The van der Waals surface area contributed by atoms with Crippen molar-refractivity contribution in [1.29, 1.82) is 0 Å². The number of aromatic nitrogens is 4. The molecule has 0 atom stereocenters. The highest BCUT2D eigenvalue weighted by molar-refractivity contribution is 5.77. The summed E-state index contributed by atoms with van der Waals surface area (Å²) in [6, 6.07) is 6.19. The molecule has 0 unspecified atom stereocenters. The lowest BCUT2D eigenvalue weighted by atomic mass is 10.1. The average Bonchev–Trinajstić information content (AvgIpc) is 3.28. The van der Waals surface area contributed by atoms with E-state index in [-0.39, 0.29) is 17.1 Å². The molecule has 0 radical (unpaired) electrons. The molecule has 0 bridgehead atoms. The first-order valence-electron chi connectivity index (χ1n) is 10.3. The van der Waals surface area contributed by atoms with Crippen LogP contribution in [-0.2, 0) is 20.1 Å². The van der Waals surface area contributed by atoms with Crippen molar-refractivity contribution in [2.45, 2.75) is 52.1 Å². The van der Waals surface area contributed by atoms with Gasteiger partial charge in [0.25, 0.3) is 5.56 Å². The molecule has 2 aromatic heterocycles. The summed E-state index contributed by atoms with van der Waals surface area (Å²) < 4.78 is 17.9. The summed E-state index contributed by atoms with van der Waals surface area (Å²) in [7, 11) is 1.66. The van der Waals surface area contributed by atoms with Gasteiger partial charge in [-0.15, -0.1) is 0 Å². The number of imidazole rings is 1. The molecule has 1 aromatic carbocycles. The fraction of sp³-hybridized carbons (Fsp3) is 0.476. The third-order valence-corrected chi connectivity index (χ3v) is 5.62. The van der Waals surface area contributed by atoms with Crippen LogP contribution in [0, 0.1) is 5.82 Å². The predicted molar refractivity (Wildman–Crippen MR) is 111 cm³/mol. The number of hydrogen-bond acceptors (Lipinski definition) is 4. The van der Waals surface area contributed by atoms with Crippen molar-refractivity contribution in [2.75, 3.05) is 11.4 Å². The molecule has 1 aliphatic rings. The number of unbranched alkanes of at least 4 members (excludes halogenated alkanes) is 4. The van der Waals surface area contributed by atoms with E-state index in [9.17, 15) is 14.0 Å². The second-order valence-electron chi connectivity index (χ2n) is 7.58. The number of aryl methyl sites for hydroxylation is 1. The van der Waals surface area contributed by atoms with Gasteiger partial charge in [-0.3, -0.25) is 13.9 Å². The zero-order chi connectivity index (χ0) is 20.5. The van der Waals surface area contributed by atoms with E-state index in [2.05, 4.69) is 11.9 Å². The monoisotopic (exact) mass is 399 g/mol. The Morgan fingerprint density at radius 1 is 1.03 bits per heavy atom. The Balaban J connectivity index is 1.73. The maximum atomic E-state index is 13.3. The molecule has 3 aromatic rings. The quantitative estimate of drug-likeness (QED) is 0.573. The predicted octanol–water partition coefficient (Wildman–Crippen LogP) is 3.16. The Kier molecular flexibility index (Phi) is 5.25. The van der Waals surface area contributed by atoms with Crippen molar-refractivity contribution < 1.29 is 4.39 Å². The summed E-state index contributed by atoms with van der Waals surface area (Å²) in [6.07, 6.45) is 5.25. The van der Waals surface area contributed by atoms with Crippen LogP contribution in [0.5, 0.6) is 0 Å². The number of benzene rings is 1. The van der Waals surface area contributed by atoms with Crippen molar-refractivity contribution >= 4 is 22.8 Å². The van der Waals surface area contributed by atoms with Gasteiger partial charge in [-0.2, -0.15) is 4.98 Å². The maximum Gasteiger partial charge on any atom is 0.332 e. The standard InChI is InChI=1S/C21H26FN5O2/c1-3-4-5-6-7-12-27-19(28)17-18(24(2)21(27)29)23-20-25(13-14-26(17)20)16-10-8-15(22)9-11-16/h8-11H,3-7,12-14H2,1-2H3. The second-order valence-corrected chi connectivity index (χ2v) is 7.58. The Hall–Kier alpha value is -2.90. The Bertz CT molecular complexity index is 1140. The first-order valence-corrected chi connectivity index (χ1v) is 10.3. The van der Waals surface area contributed by atoms with Crippen LogP contribution in [0.4, 0.5) is 16.0 Å².